The monoisotopic (exact) mass is 296 g/mol. The Kier molecular flexibility index (Phi) is 5.26. The van der Waals surface area contributed by atoms with Crippen LogP contribution in [0, 0.1) is 10.1 Å². The van der Waals surface area contributed by atoms with Gasteiger partial charge in [0.2, 0.25) is 0 Å². The summed E-state index contributed by atoms with van der Waals surface area (Å²) in [4.78, 5) is 21.7. The highest BCUT2D eigenvalue weighted by molar-refractivity contribution is 5.68. The molecule has 116 valence electrons. The van der Waals surface area contributed by atoms with Gasteiger partial charge < -0.3 is 15.2 Å². The van der Waals surface area contributed by atoms with Crippen molar-refractivity contribution >= 4 is 11.8 Å². The highest BCUT2D eigenvalue weighted by atomic mass is 16.6. The summed E-state index contributed by atoms with van der Waals surface area (Å²) in [6.07, 6.45) is -1.62. The highest BCUT2D eigenvalue weighted by Crippen LogP contribution is 2.20. The zero-order valence-electron chi connectivity index (χ0n) is 12.5. The van der Waals surface area contributed by atoms with Gasteiger partial charge in [0.1, 0.15) is 5.60 Å². The Morgan fingerprint density at radius 2 is 1.86 bits per heavy atom. The minimum atomic E-state index is -0.988. The minimum Gasteiger partial charge on any atom is -0.444 e. The van der Waals surface area contributed by atoms with Crippen molar-refractivity contribution in [2.24, 2.45) is 0 Å². The van der Waals surface area contributed by atoms with Crippen molar-refractivity contribution in [2.45, 2.75) is 45.4 Å². The number of carbonyl (C=O) groups is 1. The molecule has 0 radical (unpaired) electrons. The van der Waals surface area contributed by atoms with E-state index in [9.17, 15) is 20.0 Å². The molecule has 0 aromatic heterocycles. The molecule has 21 heavy (non-hydrogen) atoms. The molecule has 1 unspecified atom stereocenters. The number of rotatable bonds is 4. The number of non-ortho nitro benzene ring substituents is 1. The molecule has 7 nitrogen and oxygen atoms in total. The van der Waals surface area contributed by atoms with Crippen molar-refractivity contribution in [3.05, 3.63) is 39.9 Å². The van der Waals surface area contributed by atoms with E-state index in [1.807, 2.05) is 0 Å². The molecule has 0 bridgehead atoms. The van der Waals surface area contributed by atoms with E-state index in [1.165, 1.54) is 24.3 Å². The Balaban J connectivity index is 2.67. The van der Waals surface area contributed by atoms with Gasteiger partial charge in [-0.15, -0.1) is 0 Å². The first-order chi connectivity index (χ1) is 9.60. The zero-order valence-corrected chi connectivity index (χ0v) is 12.5. The Labute approximate surface area is 123 Å². The fourth-order valence-corrected chi connectivity index (χ4v) is 1.65. The third-order valence-electron chi connectivity index (χ3n) is 2.66. The van der Waals surface area contributed by atoms with Crippen LogP contribution in [0.3, 0.4) is 0 Å². The lowest BCUT2D eigenvalue weighted by Crippen LogP contribution is -2.40. The number of carbonyl (C=O) groups excluding carboxylic acids is 1. The van der Waals surface area contributed by atoms with Crippen LogP contribution in [0.4, 0.5) is 10.5 Å². The fourth-order valence-electron chi connectivity index (χ4n) is 1.65. The molecular formula is C14H20N2O5. The van der Waals surface area contributed by atoms with Crippen LogP contribution < -0.4 is 5.32 Å². The second-order valence-corrected chi connectivity index (χ2v) is 5.73. The average molecular weight is 296 g/mol. The summed E-state index contributed by atoms with van der Waals surface area (Å²) in [7, 11) is 0. The number of aliphatic hydroxyl groups excluding tert-OH is 1. The normalized spacial score (nSPS) is 14.1. The number of hydrogen-bond acceptors (Lipinski definition) is 5. The molecule has 0 heterocycles. The topological polar surface area (TPSA) is 102 Å². The number of hydrogen-bond donors (Lipinski definition) is 2. The lowest BCUT2D eigenvalue weighted by molar-refractivity contribution is -0.384. The van der Waals surface area contributed by atoms with E-state index in [-0.39, 0.29) is 5.69 Å². The van der Waals surface area contributed by atoms with Gasteiger partial charge in [0.25, 0.3) is 5.69 Å². The van der Waals surface area contributed by atoms with E-state index >= 15 is 0 Å². The maximum Gasteiger partial charge on any atom is 0.407 e. The molecule has 0 aliphatic heterocycles. The van der Waals surface area contributed by atoms with E-state index < -0.39 is 28.8 Å². The minimum absolute atomic E-state index is 0.0568. The molecule has 1 aromatic rings. The second-order valence-electron chi connectivity index (χ2n) is 5.73. The van der Waals surface area contributed by atoms with Crippen LogP contribution in [0.15, 0.2) is 24.3 Å². The van der Waals surface area contributed by atoms with E-state index in [0.717, 1.165) is 0 Å². The van der Waals surface area contributed by atoms with Gasteiger partial charge in [-0.1, -0.05) is 0 Å². The SMILES string of the molecule is C[C@H](NC(=O)OC(C)(C)C)C(O)c1ccc([N+](=O)[O-])cc1. The number of aliphatic hydroxyl groups is 1. The Hall–Kier alpha value is -2.15. The Bertz CT molecular complexity index is 507. The molecule has 0 fully saturated rings. The first-order valence-corrected chi connectivity index (χ1v) is 6.52. The maximum absolute atomic E-state index is 11.6. The van der Waals surface area contributed by atoms with Crippen LogP contribution >= 0.6 is 0 Å². The molecule has 7 heteroatoms. The van der Waals surface area contributed by atoms with Crippen molar-refractivity contribution in [3.8, 4) is 0 Å². The van der Waals surface area contributed by atoms with Crippen LogP contribution in [-0.4, -0.2) is 27.8 Å². The summed E-state index contributed by atoms with van der Waals surface area (Å²) >= 11 is 0. The third kappa shape index (κ3) is 5.39. The molecule has 0 saturated heterocycles. The standard InChI is InChI=1S/C14H20N2O5/c1-9(15-13(18)21-14(2,3)4)12(17)10-5-7-11(8-6-10)16(19)20/h5-9,12,17H,1-4H3,(H,15,18)/t9-,12?/m0/s1. The molecule has 2 N–H and O–H groups in total. The number of ether oxygens (including phenoxy) is 1. The van der Waals surface area contributed by atoms with Gasteiger partial charge in [-0.3, -0.25) is 10.1 Å². The molecule has 1 aromatic carbocycles. The quantitative estimate of drug-likeness (QED) is 0.656. The van der Waals surface area contributed by atoms with E-state index in [1.54, 1.807) is 27.7 Å². The first-order valence-electron chi connectivity index (χ1n) is 6.52. The number of nitro groups is 1. The van der Waals surface area contributed by atoms with Gasteiger partial charge in [0, 0.05) is 12.1 Å². The molecule has 2 atom stereocenters. The number of amides is 1. The maximum atomic E-state index is 11.6. The molecule has 0 aliphatic carbocycles. The van der Waals surface area contributed by atoms with Crippen LogP contribution in [-0.2, 0) is 4.74 Å². The lowest BCUT2D eigenvalue weighted by Gasteiger charge is -2.24. The third-order valence-corrected chi connectivity index (χ3v) is 2.66. The lowest BCUT2D eigenvalue weighted by atomic mass is 10.0. The van der Waals surface area contributed by atoms with Gasteiger partial charge in [0.05, 0.1) is 17.1 Å². The smallest absolute Gasteiger partial charge is 0.407 e. The molecule has 1 rings (SSSR count). The number of nitrogens with one attached hydrogen (secondary N) is 1. The number of alkyl carbamates (subject to hydrolysis) is 1. The molecule has 0 aliphatic rings. The molecule has 1 amide bonds. The van der Waals surface area contributed by atoms with Gasteiger partial charge >= 0.3 is 6.09 Å². The summed E-state index contributed by atoms with van der Waals surface area (Å²) in [6.45, 7) is 6.84. The summed E-state index contributed by atoms with van der Waals surface area (Å²) in [5, 5.41) is 23.2. The Morgan fingerprint density at radius 3 is 2.29 bits per heavy atom. The summed E-state index contributed by atoms with van der Waals surface area (Å²) in [5.74, 6) is 0. The van der Waals surface area contributed by atoms with Gasteiger partial charge in [-0.05, 0) is 45.4 Å². The predicted octanol–water partition coefficient (Wildman–Crippen LogP) is 2.54. The van der Waals surface area contributed by atoms with Crippen LogP contribution in [0.5, 0.6) is 0 Å². The van der Waals surface area contributed by atoms with Crippen molar-refractivity contribution in [2.75, 3.05) is 0 Å². The average Bonchev–Trinajstić information content (AvgIpc) is 2.35. The Morgan fingerprint density at radius 1 is 1.33 bits per heavy atom. The van der Waals surface area contributed by atoms with Crippen molar-refractivity contribution in [1.29, 1.82) is 0 Å². The summed E-state index contributed by atoms with van der Waals surface area (Å²) in [6, 6.07) is 4.92. The number of nitro benzene ring substituents is 1. The van der Waals surface area contributed by atoms with Crippen LogP contribution in [0.2, 0.25) is 0 Å². The fraction of sp³-hybridized carbons (Fsp3) is 0.500. The molecular weight excluding hydrogens is 276 g/mol. The number of benzene rings is 1. The number of nitrogens with zero attached hydrogens (tertiary/aromatic N) is 1. The van der Waals surface area contributed by atoms with Crippen molar-refractivity contribution in [1.82, 2.24) is 5.32 Å². The van der Waals surface area contributed by atoms with E-state index in [0.29, 0.717) is 5.56 Å². The van der Waals surface area contributed by atoms with Gasteiger partial charge in [-0.2, -0.15) is 0 Å². The van der Waals surface area contributed by atoms with Crippen LogP contribution in [0.1, 0.15) is 39.4 Å². The highest BCUT2D eigenvalue weighted by Gasteiger charge is 2.22. The predicted molar refractivity (Wildman–Crippen MR) is 76.9 cm³/mol. The zero-order chi connectivity index (χ0) is 16.2. The summed E-state index contributed by atoms with van der Waals surface area (Å²) < 4.78 is 5.09. The molecule has 0 saturated carbocycles. The van der Waals surface area contributed by atoms with E-state index in [4.69, 9.17) is 4.74 Å². The van der Waals surface area contributed by atoms with E-state index in [2.05, 4.69) is 5.32 Å². The van der Waals surface area contributed by atoms with Crippen molar-refractivity contribution in [3.63, 3.8) is 0 Å². The second kappa shape index (κ2) is 6.53. The van der Waals surface area contributed by atoms with Crippen LogP contribution in [0.25, 0.3) is 0 Å². The summed E-state index contributed by atoms with van der Waals surface area (Å²) in [5.41, 5.74) is -0.204. The van der Waals surface area contributed by atoms with Gasteiger partial charge in [-0.25, -0.2) is 4.79 Å². The first kappa shape index (κ1) is 16.9. The largest absolute Gasteiger partial charge is 0.444 e. The van der Waals surface area contributed by atoms with Gasteiger partial charge in [0.15, 0.2) is 0 Å². The van der Waals surface area contributed by atoms with Crippen molar-refractivity contribution < 1.29 is 19.6 Å². The molecule has 0 spiro atoms.